The van der Waals surface area contributed by atoms with Crippen molar-refractivity contribution >= 4 is 11.6 Å². The fourth-order valence-electron chi connectivity index (χ4n) is 3.17. The number of hydrogen-bond acceptors (Lipinski definition) is 3. The monoisotopic (exact) mass is 331 g/mol. The summed E-state index contributed by atoms with van der Waals surface area (Å²) in [7, 11) is 1.61. The lowest BCUT2D eigenvalue weighted by atomic mass is 9.87. The highest BCUT2D eigenvalue weighted by atomic mass is 16.5. The molecule has 0 saturated carbocycles. The van der Waals surface area contributed by atoms with Crippen LogP contribution in [0, 0.1) is 0 Å². The standard InChI is InChI=1S/C21H17NO3/c1-24-16-11-13-17(14-12-16)25-21(15-7-3-2-4-8-15)18-9-5-6-10-19(18)22-20(21)23/h2-14H,1H3,(H,22,23). The highest BCUT2D eigenvalue weighted by Crippen LogP contribution is 2.44. The zero-order valence-electron chi connectivity index (χ0n) is 13.7. The lowest BCUT2D eigenvalue weighted by Gasteiger charge is -2.29. The van der Waals surface area contributed by atoms with Crippen LogP contribution in [0.25, 0.3) is 0 Å². The van der Waals surface area contributed by atoms with E-state index in [1.807, 2.05) is 66.7 Å². The molecule has 1 atom stereocenters. The minimum Gasteiger partial charge on any atom is -0.497 e. The predicted molar refractivity (Wildman–Crippen MR) is 95.9 cm³/mol. The molecular formula is C21H17NO3. The number of ether oxygens (including phenoxy) is 2. The maximum atomic E-state index is 13.0. The van der Waals surface area contributed by atoms with Crippen molar-refractivity contribution in [1.29, 1.82) is 0 Å². The SMILES string of the molecule is COc1ccc(OC2(c3ccccc3)C(=O)Nc3ccccc32)cc1. The van der Waals surface area contributed by atoms with Gasteiger partial charge >= 0.3 is 0 Å². The normalized spacial score (nSPS) is 18.4. The van der Waals surface area contributed by atoms with Gasteiger partial charge in [-0.1, -0.05) is 48.5 Å². The number of benzene rings is 3. The van der Waals surface area contributed by atoms with Crippen LogP contribution in [0.5, 0.6) is 11.5 Å². The van der Waals surface area contributed by atoms with Gasteiger partial charge in [-0.25, -0.2) is 0 Å². The van der Waals surface area contributed by atoms with E-state index < -0.39 is 5.60 Å². The molecule has 3 aromatic rings. The zero-order chi connectivity index (χ0) is 17.3. The van der Waals surface area contributed by atoms with Gasteiger partial charge in [-0.2, -0.15) is 0 Å². The Bertz CT molecular complexity index is 906. The van der Waals surface area contributed by atoms with Gasteiger partial charge in [0.25, 0.3) is 5.91 Å². The third kappa shape index (κ3) is 2.43. The number of para-hydroxylation sites is 1. The second-order valence-electron chi connectivity index (χ2n) is 5.82. The average molecular weight is 331 g/mol. The van der Waals surface area contributed by atoms with Crippen LogP contribution in [0.3, 0.4) is 0 Å². The van der Waals surface area contributed by atoms with E-state index in [0.29, 0.717) is 5.75 Å². The molecule has 0 radical (unpaired) electrons. The van der Waals surface area contributed by atoms with Crippen LogP contribution in [0.1, 0.15) is 11.1 Å². The van der Waals surface area contributed by atoms with Gasteiger partial charge in [0.1, 0.15) is 11.5 Å². The first-order valence-electron chi connectivity index (χ1n) is 8.03. The molecule has 1 heterocycles. The first kappa shape index (κ1) is 15.3. The Morgan fingerprint density at radius 2 is 1.44 bits per heavy atom. The minimum absolute atomic E-state index is 0.198. The lowest BCUT2D eigenvalue weighted by Crippen LogP contribution is -2.41. The fourth-order valence-corrected chi connectivity index (χ4v) is 3.17. The molecule has 4 heteroatoms. The van der Waals surface area contributed by atoms with Crippen molar-refractivity contribution in [3.05, 3.63) is 90.0 Å². The number of nitrogens with one attached hydrogen (secondary N) is 1. The smallest absolute Gasteiger partial charge is 0.278 e. The van der Waals surface area contributed by atoms with Gasteiger partial charge in [-0.3, -0.25) is 4.79 Å². The van der Waals surface area contributed by atoms with Crippen molar-refractivity contribution in [3.8, 4) is 11.5 Å². The fraction of sp³-hybridized carbons (Fsp3) is 0.0952. The average Bonchev–Trinajstić information content (AvgIpc) is 2.95. The molecule has 1 N–H and O–H groups in total. The molecule has 0 spiro atoms. The Labute approximate surface area is 146 Å². The summed E-state index contributed by atoms with van der Waals surface area (Å²) in [4.78, 5) is 13.0. The van der Waals surface area contributed by atoms with Gasteiger partial charge in [0.15, 0.2) is 0 Å². The summed E-state index contributed by atoms with van der Waals surface area (Å²) in [6, 6.07) is 24.4. The van der Waals surface area contributed by atoms with Crippen LogP contribution in [-0.4, -0.2) is 13.0 Å². The second-order valence-corrected chi connectivity index (χ2v) is 5.82. The third-order valence-electron chi connectivity index (χ3n) is 4.39. The molecule has 1 aliphatic heterocycles. The van der Waals surface area contributed by atoms with E-state index >= 15 is 0 Å². The zero-order valence-corrected chi connectivity index (χ0v) is 13.7. The van der Waals surface area contributed by atoms with Gasteiger partial charge in [0.2, 0.25) is 5.60 Å². The first-order chi connectivity index (χ1) is 12.2. The molecular weight excluding hydrogens is 314 g/mol. The summed E-state index contributed by atoms with van der Waals surface area (Å²) in [6.45, 7) is 0. The summed E-state index contributed by atoms with van der Waals surface area (Å²) in [5.41, 5.74) is 1.15. The predicted octanol–water partition coefficient (Wildman–Crippen LogP) is 3.97. The minimum atomic E-state index is -1.22. The Kier molecular flexibility index (Phi) is 3.65. The number of hydrogen-bond donors (Lipinski definition) is 1. The summed E-state index contributed by atoms with van der Waals surface area (Å²) in [5, 5.41) is 2.94. The molecule has 124 valence electrons. The summed E-state index contributed by atoms with van der Waals surface area (Å²) < 4.78 is 11.5. The van der Waals surface area contributed by atoms with E-state index in [2.05, 4.69) is 5.32 Å². The van der Waals surface area contributed by atoms with Crippen LogP contribution < -0.4 is 14.8 Å². The quantitative estimate of drug-likeness (QED) is 0.787. The Hall–Kier alpha value is -3.27. The van der Waals surface area contributed by atoms with E-state index in [-0.39, 0.29) is 5.91 Å². The lowest BCUT2D eigenvalue weighted by molar-refractivity contribution is -0.127. The van der Waals surface area contributed by atoms with Crippen LogP contribution in [-0.2, 0) is 10.4 Å². The first-order valence-corrected chi connectivity index (χ1v) is 8.03. The van der Waals surface area contributed by atoms with E-state index in [1.54, 1.807) is 19.2 Å². The molecule has 0 fully saturated rings. The van der Waals surface area contributed by atoms with Gasteiger partial charge in [-0.15, -0.1) is 0 Å². The van der Waals surface area contributed by atoms with Gasteiger partial charge in [-0.05, 0) is 30.3 Å². The van der Waals surface area contributed by atoms with E-state index in [0.717, 1.165) is 22.6 Å². The summed E-state index contributed by atoms with van der Waals surface area (Å²) in [5.74, 6) is 1.13. The van der Waals surface area contributed by atoms with Crippen molar-refractivity contribution < 1.29 is 14.3 Å². The maximum Gasteiger partial charge on any atom is 0.278 e. The molecule has 0 saturated heterocycles. The molecule has 25 heavy (non-hydrogen) atoms. The molecule has 0 aliphatic carbocycles. The number of fused-ring (bicyclic) bond motifs is 1. The molecule has 0 aromatic heterocycles. The molecule has 3 aromatic carbocycles. The number of methoxy groups -OCH3 is 1. The summed E-state index contributed by atoms with van der Waals surface area (Å²) >= 11 is 0. The number of carbonyl (C=O) groups excluding carboxylic acids is 1. The molecule has 1 aliphatic rings. The molecule has 1 unspecified atom stereocenters. The molecule has 1 amide bonds. The van der Waals surface area contributed by atoms with E-state index in [1.165, 1.54) is 0 Å². The third-order valence-corrected chi connectivity index (χ3v) is 4.39. The highest BCUT2D eigenvalue weighted by molar-refractivity contribution is 6.07. The van der Waals surface area contributed by atoms with Gasteiger partial charge in [0, 0.05) is 16.8 Å². The Morgan fingerprint density at radius 3 is 2.16 bits per heavy atom. The molecule has 4 rings (SSSR count). The van der Waals surface area contributed by atoms with Gasteiger partial charge in [0.05, 0.1) is 7.11 Å². The van der Waals surface area contributed by atoms with Crippen molar-refractivity contribution in [2.45, 2.75) is 5.60 Å². The summed E-state index contributed by atoms with van der Waals surface area (Å²) in [6.07, 6.45) is 0. The highest BCUT2D eigenvalue weighted by Gasteiger charge is 2.50. The van der Waals surface area contributed by atoms with Crippen LogP contribution in [0.4, 0.5) is 5.69 Å². The molecule has 0 bridgehead atoms. The number of amides is 1. The van der Waals surface area contributed by atoms with Crippen molar-refractivity contribution in [2.24, 2.45) is 0 Å². The Morgan fingerprint density at radius 1 is 0.800 bits per heavy atom. The number of carbonyl (C=O) groups is 1. The maximum absolute atomic E-state index is 13.0. The van der Waals surface area contributed by atoms with E-state index in [4.69, 9.17) is 9.47 Å². The number of anilines is 1. The van der Waals surface area contributed by atoms with Crippen molar-refractivity contribution in [3.63, 3.8) is 0 Å². The van der Waals surface area contributed by atoms with Crippen molar-refractivity contribution in [1.82, 2.24) is 0 Å². The van der Waals surface area contributed by atoms with Crippen LogP contribution in [0.15, 0.2) is 78.9 Å². The van der Waals surface area contributed by atoms with Crippen LogP contribution >= 0.6 is 0 Å². The van der Waals surface area contributed by atoms with Gasteiger partial charge < -0.3 is 14.8 Å². The molecule has 4 nitrogen and oxygen atoms in total. The van der Waals surface area contributed by atoms with Crippen molar-refractivity contribution in [2.75, 3.05) is 12.4 Å². The topological polar surface area (TPSA) is 47.6 Å². The van der Waals surface area contributed by atoms with Crippen LogP contribution in [0.2, 0.25) is 0 Å². The Balaban J connectivity index is 1.87. The van der Waals surface area contributed by atoms with E-state index in [9.17, 15) is 4.79 Å². The number of rotatable bonds is 4. The largest absolute Gasteiger partial charge is 0.497 e. The second kappa shape index (κ2) is 5.98.